The third kappa shape index (κ3) is 5.23. The van der Waals surface area contributed by atoms with E-state index in [9.17, 15) is 18.3 Å². The van der Waals surface area contributed by atoms with Crippen LogP contribution in [0.25, 0.3) is 11.1 Å². The molecule has 2 aromatic carbocycles. The predicted octanol–water partition coefficient (Wildman–Crippen LogP) is 3.39. The standard InChI is InChI=1S/C27H36N2O6S/c1-18-15-29(19(2)17-30)36(32,33)26-12-11-22(21-9-6-10-23(13-21)34-4)14-24(26)35-25(18)16-28(3)27(31)20-7-5-8-20/h6,9-14,18-20,25,30H,5,7-8,15-17H2,1-4H3/t18-,19-,25-/m1/s1. The van der Waals surface area contributed by atoms with Crippen LogP contribution in [0.15, 0.2) is 47.4 Å². The number of sulfonamides is 1. The van der Waals surface area contributed by atoms with Gasteiger partial charge in [0.1, 0.15) is 22.5 Å². The third-order valence-electron chi connectivity index (χ3n) is 7.35. The van der Waals surface area contributed by atoms with Gasteiger partial charge in [-0.05, 0) is 55.2 Å². The molecule has 1 fully saturated rings. The first-order valence-corrected chi connectivity index (χ1v) is 13.9. The summed E-state index contributed by atoms with van der Waals surface area (Å²) in [6, 6.07) is 12.0. The zero-order chi connectivity index (χ0) is 26.0. The first kappa shape index (κ1) is 26.4. The molecule has 9 heteroatoms. The molecule has 1 aliphatic heterocycles. The zero-order valence-electron chi connectivity index (χ0n) is 21.4. The van der Waals surface area contributed by atoms with Crippen molar-refractivity contribution in [2.75, 3.05) is 33.9 Å². The van der Waals surface area contributed by atoms with Gasteiger partial charge in [-0.25, -0.2) is 8.42 Å². The van der Waals surface area contributed by atoms with Gasteiger partial charge in [0.05, 0.1) is 20.3 Å². The Bertz CT molecular complexity index is 1200. The van der Waals surface area contributed by atoms with Crippen LogP contribution in [0.1, 0.15) is 33.1 Å². The lowest BCUT2D eigenvalue weighted by molar-refractivity contribution is -0.138. The molecule has 3 atom stereocenters. The lowest BCUT2D eigenvalue weighted by Gasteiger charge is -2.38. The molecule has 196 valence electrons. The molecule has 0 bridgehead atoms. The van der Waals surface area contributed by atoms with Crippen molar-refractivity contribution in [3.05, 3.63) is 42.5 Å². The van der Waals surface area contributed by atoms with Crippen molar-refractivity contribution in [2.24, 2.45) is 11.8 Å². The number of nitrogens with zero attached hydrogens (tertiary/aromatic N) is 2. The fraction of sp³-hybridized carbons (Fsp3) is 0.519. The summed E-state index contributed by atoms with van der Waals surface area (Å²) in [4.78, 5) is 14.6. The van der Waals surface area contributed by atoms with Crippen LogP contribution in [0.3, 0.4) is 0 Å². The Morgan fingerprint density at radius 3 is 2.58 bits per heavy atom. The summed E-state index contributed by atoms with van der Waals surface area (Å²) in [6.45, 7) is 3.85. The van der Waals surface area contributed by atoms with Crippen molar-refractivity contribution in [3.8, 4) is 22.6 Å². The van der Waals surface area contributed by atoms with E-state index in [1.54, 1.807) is 44.2 Å². The van der Waals surface area contributed by atoms with Gasteiger partial charge >= 0.3 is 0 Å². The minimum Gasteiger partial charge on any atom is -0.497 e. The molecule has 0 saturated heterocycles. The molecule has 0 radical (unpaired) electrons. The smallest absolute Gasteiger partial charge is 0.247 e. The highest BCUT2D eigenvalue weighted by Crippen LogP contribution is 2.37. The SMILES string of the molecule is COc1cccc(-c2ccc3c(c2)O[C@H](CN(C)C(=O)C2CCC2)[C@H](C)CN([C@H](C)CO)S3(=O)=O)c1. The van der Waals surface area contributed by atoms with E-state index >= 15 is 0 Å². The highest BCUT2D eigenvalue weighted by atomic mass is 32.2. The van der Waals surface area contributed by atoms with Crippen LogP contribution in [-0.2, 0) is 14.8 Å². The van der Waals surface area contributed by atoms with Crippen LogP contribution >= 0.6 is 0 Å². The molecular weight excluding hydrogens is 480 g/mol. The number of likely N-dealkylation sites (N-methyl/N-ethyl adjacent to an activating group) is 1. The quantitative estimate of drug-likeness (QED) is 0.606. The van der Waals surface area contributed by atoms with Crippen LogP contribution in [0.5, 0.6) is 11.5 Å². The summed E-state index contributed by atoms with van der Waals surface area (Å²) < 4.78 is 40.5. The van der Waals surface area contributed by atoms with E-state index in [-0.39, 0.29) is 41.5 Å². The molecule has 1 N–H and O–H groups in total. The lowest BCUT2D eigenvalue weighted by Crippen LogP contribution is -2.50. The van der Waals surface area contributed by atoms with E-state index in [0.29, 0.717) is 12.3 Å². The van der Waals surface area contributed by atoms with Crippen LogP contribution in [0.2, 0.25) is 0 Å². The Kier molecular flexibility index (Phi) is 7.92. The number of amides is 1. The molecule has 1 amide bonds. The second-order valence-electron chi connectivity index (χ2n) is 9.98. The second kappa shape index (κ2) is 10.8. The van der Waals surface area contributed by atoms with E-state index in [0.717, 1.165) is 30.4 Å². The molecule has 8 nitrogen and oxygen atoms in total. The number of ether oxygens (including phenoxy) is 2. The van der Waals surface area contributed by atoms with Crippen molar-refractivity contribution >= 4 is 15.9 Å². The molecule has 0 spiro atoms. The third-order valence-corrected chi connectivity index (χ3v) is 9.37. The number of benzene rings is 2. The first-order chi connectivity index (χ1) is 17.1. The number of fused-ring (bicyclic) bond motifs is 1. The first-order valence-electron chi connectivity index (χ1n) is 12.5. The fourth-order valence-corrected chi connectivity index (χ4v) is 6.58. The molecular formula is C27H36N2O6S. The average molecular weight is 517 g/mol. The lowest BCUT2D eigenvalue weighted by atomic mass is 9.84. The van der Waals surface area contributed by atoms with Gasteiger partial charge in [-0.3, -0.25) is 4.79 Å². The van der Waals surface area contributed by atoms with Gasteiger partial charge in [0.25, 0.3) is 0 Å². The van der Waals surface area contributed by atoms with Gasteiger partial charge in [0, 0.05) is 31.5 Å². The molecule has 1 heterocycles. The Hall–Kier alpha value is -2.62. The van der Waals surface area contributed by atoms with Gasteiger partial charge in [-0.1, -0.05) is 31.5 Å². The maximum Gasteiger partial charge on any atom is 0.247 e. The van der Waals surface area contributed by atoms with Gasteiger partial charge in [0.2, 0.25) is 15.9 Å². The summed E-state index contributed by atoms with van der Waals surface area (Å²) >= 11 is 0. The van der Waals surface area contributed by atoms with Crippen LogP contribution in [0.4, 0.5) is 0 Å². The Morgan fingerprint density at radius 2 is 1.94 bits per heavy atom. The summed E-state index contributed by atoms with van der Waals surface area (Å²) in [6.07, 6.45) is 2.48. The summed E-state index contributed by atoms with van der Waals surface area (Å²) in [5, 5.41) is 9.83. The monoisotopic (exact) mass is 516 g/mol. The minimum atomic E-state index is -3.93. The molecule has 0 aromatic heterocycles. The Labute approximate surface area is 213 Å². The number of methoxy groups -OCH3 is 1. The number of hydrogen-bond acceptors (Lipinski definition) is 6. The topological polar surface area (TPSA) is 96.4 Å². The normalized spacial score (nSPS) is 22.8. The van der Waals surface area contributed by atoms with Crippen LogP contribution in [-0.4, -0.2) is 74.6 Å². The van der Waals surface area contributed by atoms with Crippen LogP contribution in [0, 0.1) is 11.8 Å². The minimum absolute atomic E-state index is 0.0549. The van der Waals surface area contributed by atoms with Crippen molar-refractivity contribution in [1.82, 2.24) is 9.21 Å². The van der Waals surface area contributed by atoms with E-state index in [1.807, 2.05) is 31.2 Å². The summed E-state index contributed by atoms with van der Waals surface area (Å²) in [5.74, 6) is 0.888. The van der Waals surface area contributed by atoms with Crippen LogP contribution < -0.4 is 9.47 Å². The van der Waals surface area contributed by atoms with Crippen molar-refractivity contribution in [2.45, 2.75) is 50.2 Å². The number of carbonyl (C=O) groups excluding carboxylic acids is 1. The van der Waals surface area contributed by atoms with Gasteiger partial charge < -0.3 is 19.5 Å². The number of carbonyl (C=O) groups is 1. The molecule has 1 saturated carbocycles. The van der Waals surface area contributed by atoms with Gasteiger partial charge in [-0.2, -0.15) is 4.31 Å². The number of aliphatic hydroxyl groups is 1. The van der Waals surface area contributed by atoms with E-state index < -0.39 is 22.2 Å². The number of aliphatic hydroxyl groups excluding tert-OH is 1. The van der Waals surface area contributed by atoms with Crippen molar-refractivity contribution in [1.29, 1.82) is 0 Å². The zero-order valence-corrected chi connectivity index (χ0v) is 22.2. The number of hydrogen-bond donors (Lipinski definition) is 1. The van der Waals surface area contributed by atoms with E-state index in [4.69, 9.17) is 9.47 Å². The molecule has 2 aliphatic rings. The average Bonchev–Trinajstić information content (AvgIpc) is 2.84. The molecule has 2 aromatic rings. The Balaban J connectivity index is 1.75. The summed E-state index contributed by atoms with van der Waals surface area (Å²) in [5.41, 5.74) is 1.65. The van der Waals surface area contributed by atoms with Crippen molar-refractivity contribution in [3.63, 3.8) is 0 Å². The fourth-order valence-electron chi connectivity index (χ4n) is 4.75. The Morgan fingerprint density at radius 1 is 1.22 bits per heavy atom. The molecule has 0 unspecified atom stereocenters. The van der Waals surface area contributed by atoms with E-state index in [2.05, 4.69) is 0 Å². The number of rotatable bonds is 7. The molecule has 4 rings (SSSR count). The van der Waals surface area contributed by atoms with E-state index in [1.165, 1.54) is 4.31 Å². The predicted molar refractivity (Wildman–Crippen MR) is 137 cm³/mol. The molecule has 1 aliphatic carbocycles. The summed E-state index contributed by atoms with van der Waals surface area (Å²) in [7, 11) is -0.550. The highest BCUT2D eigenvalue weighted by molar-refractivity contribution is 7.89. The maximum absolute atomic E-state index is 13.7. The van der Waals surface area contributed by atoms with Crippen molar-refractivity contribution < 1.29 is 27.8 Å². The van der Waals surface area contributed by atoms with Gasteiger partial charge in [-0.15, -0.1) is 0 Å². The maximum atomic E-state index is 13.7. The molecule has 36 heavy (non-hydrogen) atoms. The van der Waals surface area contributed by atoms with Gasteiger partial charge in [0.15, 0.2) is 0 Å². The highest BCUT2D eigenvalue weighted by Gasteiger charge is 2.39. The largest absolute Gasteiger partial charge is 0.497 e. The second-order valence-corrected chi connectivity index (χ2v) is 11.8.